The molecule has 0 heterocycles. The summed E-state index contributed by atoms with van der Waals surface area (Å²) < 4.78 is 34.9. The van der Waals surface area contributed by atoms with Gasteiger partial charge in [-0.05, 0) is 41.3 Å². The predicted octanol–water partition coefficient (Wildman–Crippen LogP) is 7.75. The number of carbonyl (C=O) groups is 1. The lowest BCUT2D eigenvalue weighted by Gasteiger charge is -2.17. The quantitative estimate of drug-likeness (QED) is 0.266. The number of benzene rings is 4. The summed E-state index contributed by atoms with van der Waals surface area (Å²) in [7, 11) is 0. The molecule has 0 fully saturated rings. The first-order valence-electron chi connectivity index (χ1n) is 11.3. The molecule has 0 saturated carbocycles. The van der Waals surface area contributed by atoms with Gasteiger partial charge in [-0.3, -0.25) is 4.79 Å². The third kappa shape index (κ3) is 5.23. The third-order valence-electron chi connectivity index (χ3n) is 6.05. The molecule has 2 nitrogen and oxygen atoms in total. The van der Waals surface area contributed by atoms with Gasteiger partial charge < -0.3 is 4.74 Å². The Hall–Kier alpha value is -3.79. The van der Waals surface area contributed by atoms with Crippen LogP contribution in [0.15, 0.2) is 97.1 Å². The Morgan fingerprint density at radius 1 is 0.706 bits per heavy atom. The molecule has 0 aliphatic heterocycles. The van der Waals surface area contributed by atoms with E-state index in [1.54, 1.807) is 25.1 Å². The molecule has 4 rings (SSSR count). The van der Waals surface area contributed by atoms with Gasteiger partial charge in [-0.2, -0.15) is 0 Å². The molecule has 0 spiro atoms. The van der Waals surface area contributed by atoms with Crippen LogP contribution >= 0.6 is 0 Å². The van der Waals surface area contributed by atoms with Gasteiger partial charge in [-0.25, -0.2) is 8.78 Å². The summed E-state index contributed by atoms with van der Waals surface area (Å²) in [5.74, 6) is -1.95. The molecule has 4 aromatic carbocycles. The molecule has 172 valence electrons. The maximum absolute atomic E-state index is 14.7. The van der Waals surface area contributed by atoms with Gasteiger partial charge in [0.1, 0.15) is 11.6 Å². The van der Waals surface area contributed by atoms with Crippen LogP contribution in [-0.2, 0) is 9.53 Å². The van der Waals surface area contributed by atoms with E-state index < -0.39 is 11.9 Å². The summed E-state index contributed by atoms with van der Waals surface area (Å²) in [4.78, 5) is 12.6. The molecule has 34 heavy (non-hydrogen) atoms. The standard InChI is InChI=1S/C30H26F2O2/c1-20(24-13-15-26(28(31)17-24)22-9-5-3-6-10-22)19-34-30(33)21(2)25-14-16-27(29(32)18-25)23-11-7-4-8-12-23/h3-18,20-21H,19H2,1-2H3/t20-,21-/m0/s1. The van der Waals surface area contributed by atoms with Crippen molar-refractivity contribution >= 4 is 5.97 Å². The van der Waals surface area contributed by atoms with Gasteiger partial charge in [0.05, 0.1) is 12.5 Å². The van der Waals surface area contributed by atoms with E-state index in [0.29, 0.717) is 16.7 Å². The fraction of sp³-hybridized carbons (Fsp3) is 0.167. The second-order valence-corrected chi connectivity index (χ2v) is 8.46. The Kier molecular flexibility index (Phi) is 7.17. The highest BCUT2D eigenvalue weighted by Crippen LogP contribution is 2.28. The molecular weight excluding hydrogens is 430 g/mol. The maximum atomic E-state index is 14.7. The van der Waals surface area contributed by atoms with Crippen LogP contribution < -0.4 is 0 Å². The van der Waals surface area contributed by atoms with Gasteiger partial charge in [0.25, 0.3) is 0 Å². The molecule has 0 aromatic heterocycles. The normalized spacial score (nSPS) is 12.7. The first kappa shape index (κ1) is 23.4. The Morgan fingerprint density at radius 3 is 1.68 bits per heavy atom. The van der Waals surface area contributed by atoms with Gasteiger partial charge >= 0.3 is 5.97 Å². The molecule has 4 heteroatoms. The molecular formula is C30H26F2O2. The van der Waals surface area contributed by atoms with Gasteiger partial charge in [0.2, 0.25) is 0 Å². The van der Waals surface area contributed by atoms with Gasteiger partial charge in [-0.15, -0.1) is 0 Å². The molecule has 0 aliphatic rings. The van der Waals surface area contributed by atoms with E-state index in [1.165, 1.54) is 12.1 Å². The first-order valence-corrected chi connectivity index (χ1v) is 11.3. The van der Waals surface area contributed by atoms with E-state index in [9.17, 15) is 13.6 Å². The monoisotopic (exact) mass is 456 g/mol. The largest absolute Gasteiger partial charge is 0.465 e. The van der Waals surface area contributed by atoms with Crippen LogP contribution in [0.1, 0.15) is 36.8 Å². The van der Waals surface area contributed by atoms with E-state index in [4.69, 9.17) is 4.74 Å². The summed E-state index contributed by atoms with van der Waals surface area (Å²) in [6.07, 6.45) is 0. The predicted molar refractivity (Wildman–Crippen MR) is 131 cm³/mol. The van der Waals surface area contributed by atoms with Crippen molar-refractivity contribution in [1.82, 2.24) is 0 Å². The van der Waals surface area contributed by atoms with Gasteiger partial charge in [-0.1, -0.05) is 91.9 Å². The van der Waals surface area contributed by atoms with E-state index in [2.05, 4.69) is 0 Å². The van der Waals surface area contributed by atoms with Crippen LogP contribution in [0.5, 0.6) is 0 Å². The van der Waals surface area contributed by atoms with Crippen molar-refractivity contribution in [3.05, 3.63) is 120 Å². The highest BCUT2D eigenvalue weighted by Gasteiger charge is 2.20. The molecule has 2 atom stereocenters. The van der Waals surface area contributed by atoms with E-state index in [-0.39, 0.29) is 24.2 Å². The average molecular weight is 457 g/mol. The minimum absolute atomic E-state index is 0.109. The zero-order valence-electron chi connectivity index (χ0n) is 19.2. The Balaban J connectivity index is 1.39. The Labute approximate surface area is 198 Å². The summed E-state index contributed by atoms with van der Waals surface area (Å²) in [6, 6.07) is 28.5. The molecule has 0 bridgehead atoms. The minimum atomic E-state index is -0.622. The lowest BCUT2D eigenvalue weighted by atomic mass is 9.96. The molecule has 0 saturated heterocycles. The fourth-order valence-corrected chi connectivity index (χ4v) is 3.91. The lowest BCUT2D eigenvalue weighted by Crippen LogP contribution is -2.17. The van der Waals surface area contributed by atoms with Crippen molar-refractivity contribution in [2.45, 2.75) is 25.7 Å². The van der Waals surface area contributed by atoms with Crippen LogP contribution in [-0.4, -0.2) is 12.6 Å². The molecule has 0 N–H and O–H groups in total. The fourth-order valence-electron chi connectivity index (χ4n) is 3.91. The summed E-state index contributed by atoms with van der Waals surface area (Å²) in [6.45, 7) is 3.68. The van der Waals surface area contributed by atoms with Crippen molar-refractivity contribution < 1.29 is 18.3 Å². The third-order valence-corrected chi connectivity index (χ3v) is 6.05. The van der Waals surface area contributed by atoms with Crippen LogP contribution in [0.2, 0.25) is 0 Å². The molecule has 0 amide bonds. The average Bonchev–Trinajstić information content (AvgIpc) is 2.87. The summed E-state index contributed by atoms with van der Waals surface area (Å²) >= 11 is 0. The van der Waals surface area contributed by atoms with Gasteiger partial charge in [0, 0.05) is 17.0 Å². The number of halogens is 2. The Bertz CT molecular complexity index is 1270. The van der Waals surface area contributed by atoms with Crippen molar-refractivity contribution in [2.24, 2.45) is 0 Å². The van der Waals surface area contributed by atoms with Gasteiger partial charge in [0.15, 0.2) is 0 Å². The lowest BCUT2D eigenvalue weighted by molar-refractivity contribution is -0.145. The zero-order valence-corrected chi connectivity index (χ0v) is 19.2. The molecule has 0 aliphatic carbocycles. The first-order chi connectivity index (χ1) is 16.4. The minimum Gasteiger partial charge on any atom is -0.465 e. The van der Waals surface area contributed by atoms with Crippen LogP contribution in [0.25, 0.3) is 22.3 Å². The highest BCUT2D eigenvalue weighted by molar-refractivity contribution is 5.78. The number of esters is 1. The smallest absolute Gasteiger partial charge is 0.313 e. The number of carbonyl (C=O) groups excluding carboxylic acids is 1. The van der Waals surface area contributed by atoms with E-state index >= 15 is 0 Å². The zero-order chi connectivity index (χ0) is 24.1. The maximum Gasteiger partial charge on any atom is 0.313 e. The molecule has 0 unspecified atom stereocenters. The van der Waals surface area contributed by atoms with E-state index in [0.717, 1.165) is 16.7 Å². The topological polar surface area (TPSA) is 26.3 Å². The molecule has 0 radical (unpaired) electrons. The van der Waals surface area contributed by atoms with Crippen molar-refractivity contribution in [3.8, 4) is 22.3 Å². The number of rotatable bonds is 7. The summed E-state index contributed by atoms with van der Waals surface area (Å²) in [5.41, 5.74) is 3.90. The summed E-state index contributed by atoms with van der Waals surface area (Å²) in [5, 5.41) is 0. The second kappa shape index (κ2) is 10.4. The number of hydrogen-bond donors (Lipinski definition) is 0. The van der Waals surface area contributed by atoms with Crippen molar-refractivity contribution in [2.75, 3.05) is 6.61 Å². The highest BCUT2D eigenvalue weighted by atomic mass is 19.1. The molecule has 4 aromatic rings. The van der Waals surface area contributed by atoms with Crippen LogP contribution in [0.3, 0.4) is 0 Å². The SMILES string of the molecule is C[C@H](C(=O)OC[C@H](C)c1ccc(-c2ccccc2)c(F)c1)c1ccc(-c2ccccc2)c(F)c1. The van der Waals surface area contributed by atoms with Crippen LogP contribution in [0.4, 0.5) is 8.78 Å². The Morgan fingerprint density at radius 2 is 1.18 bits per heavy atom. The van der Waals surface area contributed by atoms with Crippen LogP contribution in [0, 0.1) is 11.6 Å². The van der Waals surface area contributed by atoms with Crippen molar-refractivity contribution in [3.63, 3.8) is 0 Å². The number of hydrogen-bond acceptors (Lipinski definition) is 2. The number of ether oxygens (including phenoxy) is 1. The van der Waals surface area contributed by atoms with Crippen molar-refractivity contribution in [1.29, 1.82) is 0 Å². The second-order valence-electron chi connectivity index (χ2n) is 8.46. The van der Waals surface area contributed by atoms with E-state index in [1.807, 2.05) is 73.7 Å².